The highest BCUT2D eigenvalue weighted by Crippen LogP contribution is 2.24. The average Bonchev–Trinajstić information content (AvgIpc) is 2.82. The van der Waals surface area contributed by atoms with E-state index < -0.39 is 0 Å². The molecular formula is C10H17N5O. The van der Waals surface area contributed by atoms with Crippen molar-refractivity contribution in [1.82, 2.24) is 14.5 Å². The number of aliphatic imine (C=N–C) groups is 1. The molecule has 1 unspecified atom stereocenters. The molecule has 1 aliphatic rings. The molecule has 1 aliphatic heterocycles. The van der Waals surface area contributed by atoms with Gasteiger partial charge in [0.15, 0.2) is 5.96 Å². The molecule has 6 nitrogen and oxygen atoms in total. The van der Waals surface area contributed by atoms with Gasteiger partial charge in [0.1, 0.15) is 0 Å². The molecule has 0 amide bonds. The van der Waals surface area contributed by atoms with E-state index in [0.717, 1.165) is 12.2 Å². The minimum atomic E-state index is 0.183. The molecule has 6 heteroatoms. The smallest absolute Gasteiger partial charge is 0.192 e. The molecule has 0 saturated heterocycles. The Morgan fingerprint density at radius 3 is 3.06 bits per heavy atom. The van der Waals surface area contributed by atoms with Gasteiger partial charge < -0.3 is 19.9 Å². The van der Waals surface area contributed by atoms with Crippen LogP contribution in [0.1, 0.15) is 11.7 Å². The maximum absolute atomic E-state index is 5.86. The zero-order valence-corrected chi connectivity index (χ0v) is 9.63. The van der Waals surface area contributed by atoms with E-state index in [1.807, 2.05) is 17.8 Å². The van der Waals surface area contributed by atoms with Crippen molar-refractivity contribution in [2.75, 3.05) is 26.8 Å². The van der Waals surface area contributed by atoms with Gasteiger partial charge in [0.2, 0.25) is 0 Å². The number of nitrogens with two attached hydrogens (primary N) is 1. The molecule has 0 saturated carbocycles. The average molecular weight is 223 g/mol. The van der Waals surface area contributed by atoms with Gasteiger partial charge >= 0.3 is 0 Å². The molecule has 0 bridgehead atoms. The van der Waals surface area contributed by atoms with Crippen molar-refractivity contribution in [1.29, 1.82) is 0 Å². The fourth-order valence-electron chi connectivity index (χ4n) is 1.93. The van der Waals surface area contributed by atoms with Crippen molar-refractivity contribution in [3.05, 3.63) is 18.2 Å². The van der Waals surface area contributed by atoms with Gasteiger partial charge in [-0.1, -0.05) is 0 Å². The Morgan fingerprint density at radius 1 is 1.62 bits per heavy atom. The second kappa shape index (κ2) is 4.52. The van der Waals surface area contributed by atoms with Gasteiger partial charge in [-0.3, -0.25) is 4.99 Å². The Labute approximate surface area is 94.7 Å². The highest BCUT2D eigenvalue weighted by molar-refractivity contribution is 5.80. The molecule has 16 heavy (non-hydrogen) atoms. The van der Waals surface area contributed by atoms with E-state index in [2.05, 4.69) is 14.9 Å². The highest BCUT2D eigenvalue weighted by atomic mass is 16.5. The van der Waals surface area contributed by atoms with E-state index in [-0.39, 0.29) is 6.04 Å². The Morgan fingerprint density at radius 2 is 2.44 bits per heavy atom. The topological polar surface area (TPSA) is 68.7 Å². The number of hydrogen-bond donors (Lipinski definition) is 1. The molecule has 0 fully saturated rings. The Hall–Kier alpha value is -1.56. The second-order valence-corrected chi connectivity index (χ2v) is 3.83. The van der Waals surface area contributed by atoms with Crippen molar-refractivity contribution in [3.8, 4) is 0 Å². The molecule has 0 radical (unpaired) electrons. The summed E-state index contributed by atoms with van der Waals surface area (Å²) < 4.78 is 7.07. The van der Waals surface area contributed by atoms with Gasteiger partial charge in [-0.15, -0.1) is 0 Å². The highest BCUT2D eigenvalue weighted by Gasteiger charge is 2.28. The van der Waals surface area contributed by atoms with Crippen LogP contribution >= 0.6 is 0 Å². The summed E-state index contributed by atoms with van der Waals surface area (Å²) in [5.74, 6) is 0.586. The van der Waals surface area contributed by atoms with Crippen molar-refractivity contribution >= 4 is 5.96 Å². The van der Waals surface area contributed by atoms with Crippen LogP contribution in [0.25, 0.3) is 0 Å². The number of methoxy groups -OCH3 is 1. The van der Waals surface area contributed by atoms with Crippen LogP contribution in [0.4, 0.5) is 0 Å². The van der Waals surface area contributed by atoms with Crippen LogP contribution in [0.2, 0.25) is 0 Å². The molecular weight excluding hydrogens is 206 g/mol. The van der Waals surface area contributed by atoms with Crippen LogP contribution in [0.3, 0.4) is 0 Å². The molecule has 0 spiro atoms. The zero-order chi connectivity index (χ0) is 11.5. The van der Waals surface area contributed by atoms with E-state index in [1.54, 1.807) is 13.4 Å². The summed E-state index contributed by atoms with van der Waals surface area (Å²) in [5.41, 5.74) is 6.98. The fraction of sp³-hybridized carbons (Fsp3) is 0.600. The fourth-order valence-corrected chi connectivity index (χ4v) is 1.93. The minimum Gasteiger partial charge on any atom is -0.383 e. The van der Waals surface area contributed by atoms with Gasteiger partial charge in [-0.25, -0.2) is 4.98 Å². The van der Waals surface area contributed by atoms with Gasteiger partial charge in [-0.05, 0) is 0 Å². The maximum Gasteiger partial charge on any atom is 0.192 e. The number of aryl methyl sites for hydroxylation is 1. The number of imidazole rings is 1. The van der Waals surface area contributed by atoms with Crippen LogP contribution in [-0.4, -0.2) is 47.2 Å². The summed E-state index contributed by atoms with van der Waals surface area (Å²) in [5, 5.41) is 0. The van der Waals surface area contributed by atoms with Gasteiger partial charge in [-0.2, -0.15) is 0 Å². The summed E-state index contributed by atoms with van der Waals surface area (Å²) in [6.45, 7) is 2.08. The molecule has 0 aliphatic carbocycles. The largest absolute Gasteiger partial charge is 0.383 e. The number of rotatable bonds is 4. The molecule has 2 N–H and O–H groups in total. The summed E-state index contributed by atoms with van der Waals surface area (Å²) >= 11 is 0. The van der Waals surface area contributed by atoms with E-state index in [1.165, 1.54) is 0 Å². The maximum atomic E-state index is 5.86. The lowest BCUT2D eigenvalue weighted by Crippen LogP contribution is -2.38. The quantitative estimate of drug-likeness (QED) is 0.763. The van der Waals surface area contributed by atoms with Crippen molar-refractivity contribution in [2.24, 2.45) is 17.8 Å². The number of aromatic nitrogens is 2. The Bertz CT molecular complexity index is 386. The summed E-state index contributed by atoms with van der Waals surface area (Å²) in [4.78, 5) is 10.4. The molecule has 88 valence electrons. The molecule has 1 aromatic rings. The summed E-state index contributed by atoms with van der Waals surface area (Å²) in [7, 11) is 3.66. The first kappa shape index (κ1) is 10.9. The van der Waals surface area contributed by atoms with E-state index in [4.69, 9.17) is 10.5 Å². The van der Waals surface area contributed by atoms with E-state index in [0.29, 0.717) is 19.1 Å². The molecule has 0 aromatic carbocycles. The Balaban J connectivity index is 2.13. The second-order valence-electron chi connectivity index (χ2n) is 3.83. The van der Waals surface area contributed by atoms with Crippen molar-refractivity contribution in [2.45, 2.75) is 6.04 Å². The zero-order valence-electron chi connectivity index (χ0n) is 9.63. The first-order valence-corrected chi connectivity index (χ1v) is 5.25. The Kier molecular flexibility index (Phi) is 3.09. The number of ether oxygens (including phenoxy) is 1. The monoisotopic (exact) mass is 223 g/mol. The first-order valence-electron chi connectivity index (χ1n) is 5.25. The minimum absolute atomic E-state index is 0.183. The van der Waals surface area contributed by atoms with Gasteiger partial charge in [0.05, 0.1) is 37.4 Å². The van der Waals surface area contributed by atoms with Crippen molar-refractivity contribution < 1.29 is 4.74 Å². The van der Waals surface area contributed by atoms with Crippen LogP contribution < -0.4 is 5.73 Å². The lowest BCUT2D eigenvalue weighted by atomic mass is 10.2. The summed E-state index contributed by atoms with van der Waals surface area (Å²) in [6.07, 6.45) is 3.65. The lowest BCUT2D eigenvalue weighted by Gasteiger charge is -2.25. The third-order valence-electron chi connectivity index (χ3n) is 2.83. The number of nitrogens with zero attached hydrogens (tertiary/aromatic N) is 4. The third kappa shape index (κ3) is 1.88. The number of hydrogen-bond acceptors (Lipinski definition) is 5. The van der Waals surface area contributed by atoms with Gasteiger partial charge in [0, 0.05) is 20.7 Å². The van der Waals surface area contributed by atoms with E-state index in [9.17, 15) is 0 Å². The molecule has 1 atom stereocenters. The molecule has 2 heterocycles. The standard InChI is InChI=1S/C10H17N5O/c1-14-7-12-5-8(14)9-6-13-10(11)15(9)3-4-16-2/h5,7,9H,3-4,6H2,1-2H3,(H2,11,13). The van der Waals surface area contributed by atoms with Crippen LogP contribution in [0.5, 0.6) is 0 Å². The predicted molar refractivity (Wildman–Crippen MR) is 61.0 cm³/mol. The normalized spacial score (nSPS) is 20.2. The SMILES string of the molecule is COCCN1C(N)=NCC1c1cncn1C. The lowest BCUT2D eigenvalue weighted by molar-refractivity contribution is 0.165. The van der Waals surface area contributed by atoms with Gasteiger partial charge in [0.25, 0.3) is 0 Å². The van der Waals surface area contributed by atoms with Crippen LogP contribution in [-0.2, 0) is 11.8 Å². The van der Waals surface area contributed by atoms with Crippen molar-refractivity contribution in [3.63, 3.8) is 0 Å². The summed E-state index contributed by atoms with van der Waals surface area (Å²) in [6, 6.07) is 0.183. The molecule has 2 rings (SSSR count). The van der Waals surface area contributed by atoms with Crippen LogP contribution in [0, 0.1) is 0 Å². The van der Waals surface area contributed by atoms with E-state index >= 15 is 0 Å². The predicted octanol–water partition coefficient (Wildman–Crippen LogP) is -0.262. The third-order valence-corrected chi connectivity index (χ3v) is 2.83. The van der Waals surface area contributed by atoms with Crippen LogP contribution in [0.15, 0.2) is 17.5 Å². The first-order chi connectivity index (χ1) is 7.74. The number of guanidine groups is 1. The molecule has 1 aromatic heterocycles.